The maximum atomic E-state index is 13.7. The third-order valence-corrected chi connectivity index (χ3v) is 6.06. The molecule has 5 rings (SSSR count). The average Bonchev–Trinajstić information content (AvgIpc) is 3.52. The number of hydrogen-bond acceptors (Lipinski definition) is 5. The number of H-pyrrole nitrogens is 1. The van der Waals surface area contributed by atoms with Crippen LogP contribution >= 0.6 is 0 Å². The van der Waals surface area contributed by atoms with Crippen molar-refractivity contribution in [3.05, 3.63) is 65.5 Å². The van der Waals surface area contributed by atoms with Gasteiger partial charge >= 0.3 is 6.18 Å². The maximum Gasteiger partial charge on any atom is 0.416 e. The SMILES string of the molecule is Cc1ccc(-n2nccn2)c(C(=O)N2CCC[C@@]2(C)c2nc3ccc(C(F)(F)F)cc3[nH]2)n1. The van der Waals surface area contributed by atoms with Crippen molar-refractivity contribution < 1.29 is 18.0 Å². The lowest BCUT2D eigenvalue weighted by Crippen LogP contribution is -2.44. The molecule has 1 atom stereocenters. The van der Waals surface area contributed by atoms with Crippen LogP contribution in [-0.4, -0.2) is 47.3 Å². The molecule has 0 aliphatic carbocycles. The summed E-state index contributed by atoms with van der Waals surface area (Å²) in [6.07, 6.45) is -0.109. The Morgan fingerprint density at radius 1 is 1.12 bits per heavy atom. The van der Waals surface area contributed by atoms with Gasteiger partial charge in [-0.1, -0.05) is 0 Å². The molecule has 1 N–H and O–H groups in total. The molecule has 170 valence electrons. The third-order valence-electron chi connectivity index (χ3n) is 6.06. The van der Waals surface area contributed by atoms with Crippen LogP contribution in [0.2, 0.25) is 0 Å². The minimum Gasteiger partial charge on any atom is -0.340 e. The average molecular weight is 455 g/mol. The number of aryl methyl sites for hydroxylation is 1. The van der Waals surface area contributed by atoms with E-state index in [9.17, 15) is 18.0 Å². The summed E-state index contributed by atoms with van der Waals surface area (Å²) in [6, 6.07) is 6.90. The van der Waals surface area contributed by atoms with Gasteiger partial charge in [0, 0.05) is 12.2 Å². The molecule has 1 aliphatic rings. The lowest BCUT2D eigenvalue weighted by molar-refractivity contribution is -0.137. The van der Waals surface area contributed by atoms with Crippen LogP contribution in [0.25, 0.3) is 16.7 Å². The Labute approximate surface area is 186 Å². The van der Waals surface area contributed by atoms with E-state index in [4.69, 9.17) is 0 Å². The molecular formula is C22H20F3N7O. The van der Waals surface area contributed by atoms with E-state index in [2.05, 4.69) is 25.1 Å². The number of carbonyl (C=O) groups is 1. The Morgan fingerprint density at radius 3 is 2.61 bits per heavy atom. The third kappa shape index (κ3) is 3.53. The van der Waals surface area contributed by atoms with Gasteiger partial charge in [0.25, 0.3) is 5.91 Å². The molecule has 33 heavy (non-hydrogen) atoms. The first-order valence-electron chi connectivity index (χ1n) is 10.4. The monoisotopic (exact) mass is 455 g/mol. The van der Waals surface area contributed by atoms with Crippen molar-refractivity contribution in [3.63, 3.8) is 0 Å². The molecule has 0 unspecified atom stereocenters. The molecule has 1 amide bonds. The van der Waals surface area contributed by atoms with Gasteiger partial charge in [0.15, 0.2) is 5.69 Å². The summed E-state index contributed by atoms with van der Waals surface area (Å²) in [5, 5.41) is 8.24. The van der Waals surface area contributed by atoms with Crippen LogP contribution in [0.15, 0.2) is 42.7 Å². The van der Waals surface area contributed by atoms with Gasteiger partial charge < -0.3 is 9.88 Å². The number of nitrogens with one attached hydrogen (secondary N) is 1. The molecule has 4 heterocycles. The topological polar surface area (TPSA) is 92.6 Å². The smallest absolute Gasteiger partial charge is 0.340 e. The zero-order valence-electron chi connectivity index (χ0n) is 17.9. The fraction of sp³-hybridized carbons (Fsp3) is 0.318. The summed E-state index contributed by atoms with van der Waals surface area (Å²) in [4.78, 5) is 28.8. The van der Waals surface area contributed by atoms with E-state index < -0.39 is 17.3 Å². The van der Waals surface area contributed by atoms with E-state index in [0.717, 1.165) is 12.1 Å². The van der Waals surface area contributed by atoms with Crippen molar-refractivity contribution in [1.29, 1.82) is 0 Å². The van der Waals surface area contributed by atoms with Crippen LogP contribution in [0, 0.1) is 6.92 Å². The molecule has 1 aromatic carbocycles. The predicted molar refractivity (Wildman–Crippen MR) is 113 cm³/mol. The first-order valence-corrected chi connectivity index (χ1v) is 10.4. The largest absolute Gasteiger partial charge is 0.416 e. The Hall–Kier alpha value is -3.76. The summed E-state index contributed by atoms with van der Waals surface area (Å²) < 4.78 is 39.4. The Morgan fingerprint density at radius 2 is 1.88 bits per heavy atom. The van der Waals surface area contributed by atoms with Crippen LogP contribution in [0.3, 0.4) is 0 Å². The van der Waals surface area contributed by atoms with E-state index in [1.165, 1.54) is 23.3 Å². The molecule has 8 nitrogen and oxygen atoms in total. The van der Waals surface area contributed by atoms with E-state index in [1.807, 2.05) is 6.92 Å². The number of amides is 1. The molecule has 11 heteroatoms. The Kier molecular flexibility index (Phi) is 4.73. The Balaban J connectivity index is 1.56. The zero-order valence-corrected chi connectivity index (χ0v) is 17.9. The van der Waals surface area contributed by atoms with Crippen molar-refractivity contribution >= 4 is 16.9 Å². The first-order chi connectivity index (χ1) is 15.7. The predicted octanol–water partition coefficient (Wildman–Crippen LogP) is 4.02. The van der Waals surface area contributed by atoms with E-state index in [1.54, 1.807) is 24.0 Å². The highest BCUT2D eigenvalue weighted by molar-refractivity contribution is 5.96. The van der Waals surface area contributed by atoms with Gasteiger partial charge in [-0.15, -0.1) is 4.80 Å². The quantitative estimate of drug-likeness (QED) is 0.504. The minimum atomic E-state index is -4.45. The first kappa shape index (κ1) is 21.1. The normalized spacial score (nSPS) is 18.9. The van der Waals surface area contributed by atoms with Crippen LogP contribution in [0.4, 0.5) is 13.2 Å². The van der Waals surface area contributed by atoms with Crippen LogP contribution in [0.5, 0.6) is 0 Å². The minimum absolute atomic E-state index is 0.204. The summed E-state index contributed by atoms with van der Waals surface area (Å²) in [5.74, 6) is 0.122. The molecule has 4 aromatic rings. The van der Waals surface area contributed by atoms with Crippen LogP contribution in [0.1, 0.15) is 47.3 Å². The summed E-state index contributed by atoms with van der Waals surface area (Å²) in [6.45, 7) is 4.11. The van der Waals surface area contributed by atoms with Crippen molar-refractivity contribution in [3.8, 4) is 5.69 Å². The van der Waals surface area contributed by atoms with Gasteiger partial charge in [-0.3, -0.25) is 4.79 Å². The number of aromatic nitrogens is 6. The fourth-order valence-corrected chi connectivity index (χ4v) is 4.31. The fourth-order valence-electron chi connectivity index (χ4n) is 4.31. The molecular weight excluding hydrogens is 435 g/mol. The second kappa shape index (κ2) is 7.39. The van der Waals surface area contributed by atoms with Crippen molar-refractivity contribution in [2.24, 2.45) is 0 Å². The molecule has 0 saturated carbocycles. The van der Waals surface area contributed by atoms with E-state index in [-0.39, 0.29) is 17.1 Å². The van der Waals surface area contributed by atoms with Crippen LogP contribution in [-0.2, 0) is 11.7 Å². The lowest BCUT2D eigenvalue weighted by Gasteiger charge is -2.33. The molecule has 3 aromatic heterocycles. The second-order valence-corrected chi connectivity index (χ2v) is 8.29. The summed E-state index contributed by atoms with van der Waals surface area (Å²) in [7, 11) is 0. The second-order valence-electron chi connectivity index (χ2n) is 8.29. The van der Waals surface area contributed by atoms with E-state index >= 15 is 0 Å². The number of likely N-dealkylation sites (tertiary alicyclic amines) is 1. The van der Waals surface area contributed by atoms with E-state index in [0.29, 0.717) is 42.1 Å². The molecule has 1 fully saturated rings. The highest BCUT2D eigenvalue weighted by Gasteiger charge is 2.45. The highest BCUT2D eigenvalue weighted by atomic mass is 19.4. The van der Waals surface area contributed by atoms with Gasteiger partial charge in [0.1, 0.15) is 11.5 Å². The van der Waals surface area contributed by atoms with Crippen molar-refractivity contribution in [1.82, 2.24) is 34.8 Å². The zero-order chi connectivity index (χ0) is 23.4. The highest BCUT2D eigenvalue weighted by Crippen LogP contribution is 2.40. The number of benzene rings is 1. The number of hydrogen-bond donors (Lipinski definition) is 1. The molecule has 0 bridgehead atoms. The summed E-state index contributed by atoms with van der Waals surface area (Å²) >= 11 is 0. The number of imidazole rings is 1. The molecule has 0 spiro atoms. The number of fused-ring (bicyclic) bond motifs is 1. The number of alkyl halides is 3. The molecule has 0 radical (unpaired) electrons. The number of halogens is 3. The van der Waals surface area contributed by atoms with Crippen molar-refractivity contribution in [2.45, 2.75) is 38.4 Å². The van der Waals surface area contributed by atoms with Gasteiger partial charge in [0.2, 0.25) is 0 Å². The summed E-state index contributed by atoms with van der Waals surface area (Å²) in [5.41, 5.74) is 0.408. The number of nitrogens with zero attached hydrogens (tertiary/aromatic N) is 6. The van der Waals surface area contributed by atoms with Gasteiger partial charge in [-0.05, 0) is 57.0 Å². The molecule has 1 aliphatic heterocycles. The van der Waals surface area contributed by atoms with Gasteiger partial charge in [0.05, 0.1) is 34.5 Å². The number of rotatable bonds is 3. The van der Waals surface area contributed by atoms with Crippen molar-refractivity contribution in [2.75, 3.05) is 6.54 Å². The number of pyridine rings is 1. The Bertz CT molecular complexity index is 1350. The number of aromatic amines is 1. The standard InChI is InChI=1S/C22H20F3N7O/c1-13-4-7-17(32-26-9-10-27-32)18(28-13)19(33)31-11-3-8-21(31,2)20-29-15-6-5-14(22(23,24)25)12-16(15)30-20/h4-7,9-10,12H,3,8,11H2,1-2H3,(H,29,30)/t21-/m0/s1. The maximum absolute atomic E-state index is 13.7. The van der Waals surface area contributed by atoms with Crippen LogP contribution < -0.4 is 0 Å². The van der Waals surface area contributed by atoms with Gasteiger partial charge in [-0.25, -0.2) is 9.97 Å². The van der Waals surface area contributed by atoms with Gasteiger partial charge in [-0.2, -0.15) is 23.4 Å². The lowest BCUT2D eigenvalue weighted by atomic mass is 9.97. The molecule has 1 saturated heterocycles. The number of carbonyl (C=O) groups excluding carboxylic acids is 1.